The number of hydrogen-bond donors (Lipinski definition) is 2. The summed E-state index contributed by atoms with van der Waals surface area (Å²) >= 11 is 4.87. The Kier molecular flexibility index (Phi) is 4.94. The van der Waals surface area contributed by atoms with Crippen molar-refractivity contribution in [1.82, 2.24) is 10.6 Å². The van der Waals surface area contributed by atoms with E-state index in [1.54, 1.807) is 18.2 Å². The number of ether oxygens (including phenoxy) is 2. The fourth-order valence-corrected chi connectivity index (χ4v) is 2.49. The number of carbonyl (C=O) groups is 2. The average Bonchev–Trinajstić information content (AvgIpc) is 2.93. The van der Waals surface area contributed by atoms with Crippen LogP contribution in [0.1, 0.15) is 15.9 Å². The second kappa shape index (κ2) is 7.32. The number of amides is 1. The molecular formula is C18H13FN2O4S. The molecule has 0 unspecified atom stereocenters. The zero-order chi connectivity index (χ0) is 18.7. The molecule has 1 aliphatic heterocycles. The van der Waals surface area contributed by atoms with E-state index in [4.69, 9.17) is 21.7 Å². The minimum Gasteiger partial charge on any atom is -0.493 e. The summed E-state index contributed by atoms with van der Waals surface area (Å²) in [5, 5.41) is 5.41. The first-order valence-corrected chi connectivity index (χ1v) is 7.87. The molecule has 26 heavy (non-hydrogen) atoms. The van der Waals surface area contributed by atoms with Gasteiger partial charge in [-0.25, -0.2) is 9.18 Å². The number of halogens is 1. The number of thiocarbonyl (C=S) groups is 1. The first-order chi connectivity index (χ1) is 12.5. The van der Waals surface area contributed by atoms with Gasteiger partial charge >= 0.3 is 5.97 Å². The predicted octanol–water partition coefficient (Wildman–Crippen LogP) is 2.40. The van der Waals surface area contributed by atoms with Crippen molar-refractivity contribution in [2.75, 3.05) is 7.11 Å². The van der Waals surface area contributed by atoms with Crippen LogP contribution in [0.2, 0.25) is 0 Å². The van der Waals surface area contributed by atoms with Gasteiger partial charge in [0.15, 0.2) is 16.6 Å². The van der Waals surface area contributed by atoms with E-state index in [9.17, 15) is 14.0 Å². The van der Waals surface area contributed by atoms with E-state index < -0.39 is 11.8 Å². The lowest BCUT2D eigenvalue weighted by molar-refractivity contribution is -0.115. The molecular weight excluding hydrogens is 359 g/mol. The summed E-state index contributed by atoms with van der Waals surface area (Å²) in [4.78, 5) is 23.8. The highest BCUT2D eigenvalue weighted by Crippen LogP contribution is 2.30. The first-order valence-electron chi connectivity index (χ1n) is 7.46. The van der Waals surface area contributed by atoms with E-state index in [2.05, 4.69) is 10.6 Å². The third kappa shape index (κ3) is 3.70. The summed E-state index contributed by atoms with van der Waals surface area (Å²) in [6, 6.07) is 10.2. The largest absolute Gasteiger partial charge is 0.493 e. The number of esters is 1. The van der Waals surface area contributed by atoms with Crippen LogP contribution in [0.4, 0.5) is 4.39 Å². The lowest BCUT2D eigenvalue weighted by Gasteiger charge is -2.10. The molecule has 132 valence electrons. The number of benzene rings is 2. The van der Waals surface area contributed by atoms with E-state index in [1.165, 1.54) is 37.4 Å². The molecule has 2 N–H and O–H groups in total. The van der Waals surface area contributed by atoms with Crippen LogP contribution in [-0.2, 0) is 4.79 Å². The minimum atomic E-state index is -0.838. The fourth-order valence-electron chi connectivity index (χ4n) is 2.29. The van der Waals surface area contributed by atoms with Gasteiger partial charge in [-0.05, 0) is 48.1 Å². The van der Waals surface area contributed by atoms with Gasteiger partial charge in [0.25, 0.3) is 5.91 Å². The molecule has 1 aliphatic rings. The van der Waals surface area contributed by atoms with Crippen molar-refractivity contribution in [3.63, 3.8) is 0 Å². The van der Waals surface area contributed by atoms with Gasteiger partial charge in [0.2, 0.25) is 0 Å². The molecule has 1 heterocycles. The molecule has 2 aromatic rings. The van der Waals surface area contributed by atoms with Gasteiger partial charge < -0.3 is 14.8 Å². The molecule has 0 aliphatic carbocycles. The van der Waals surface area contributed by atoms with E-state index in [0.717, 1.165) is 0 Å². The Labute approximate surface area is 153 Å². The average molecular weight is 372 g/mol. The second-order valence-corrected chi connectivity index (χ2v) is 5.65. The molecule has 1 fully saturated rings. The molecule has 0 radical (unpaired) electrons. The van der Waals surface area contributed by atoms with Gasteiger partial charge in [-0.1, -0.05) is 18.2 Å². The van der Waals surface area contributed by atoms with Crippen molar-refractivity contribution < 1.29 is 23.5 Å². The lowest BCUT2D eigenvalue weighted by Crippen LogP contribution is -2.21. The number of hydrogen-bond acceptors (Lipinski definition) is 5. The summed E-state index contributed by atoms with van der Waals surface area (Å²) in [6.07, 6.45) is 1.57. The van der Waals surface area contributed by atoms with Crippen LogP contribution in [0.3, 0.4) is 0 Å². The van der Waals surface area contributed by atoms with E-state index in [1.807, 2.05) is 0 Å². The molecule has 0 atom stereocenters. The molecule has 3 rings (SSSR count). The van der Waals surface area contributed by atoms with Crippen molar-refractivity contribution in [2.45, 2.75) is 0 Å². The highest BCUT2D eigenvalue weighted by molar-refractivity contribution is 7.80. The number of rotatable bonds is 4. The standard InChI is InChI=1S/C18H13FN2O4S/c1-24-15-9-10(8-13-16(22)21-18(26)20-13)6-7-14(15)25-17(23)11-4-2-3-5-12(11)19/h2-9H,1H3,(H2,20,21,22,26)/b13-8+. The quantitative estimate of drug-likeness (QED) is 0.372. The Balaban J connectivity index is 1.85. The lowest BCUT2D eigenvalue weighted by atomic mass is 10.1. The third-order valence-corrected chi connectivity index (χ3v) is 3.72. The van der Waals surface area contributed by atoms with Crippen LogP contribution in [0, 0.1) is 5.82 Å². The summed E-state index contributed by atoms with van der Waals surface area (Å²) < 4.78 is 24.1. The van der Waals surface area contributed by atoms with E-state index in [0.29, 0.717) is 5.56 Å². The normalized spacial score (nSPS) is 14.8. The molecule has 1 saturated heterocycles. The third-order valence-electron chi connectivity index (χ3n) is 3.51. The van der Waals surface area contributed by atoms with E-state index in [-0.39, 0.29) is 33.8 Å². The van der Waals surface area contributed by atoms with Crippen LogP contribution >= 0.6 is 12.2 Å². The molecule has 0 spiro atoms. The minimum absolute atomic E-state index is 0.127. The molecule has 0 saturated carbocycles. The van der Waals surface area contributed by atoms with Crippen molar-refractivity contribution >= 4 is 35.3 Å². The molecule has 0 bridgehead atoms. The van der Waals surface area contributed by atoms with Crippen LogP contribution in [0.15, 0.2) is 48.2 Å². The summed E-state index contributed by atoms with van der Waals surface area (Å²) in [5.41, 5.74) is 0.726. The maximum atomic E-state index is 13.7. The smallest absolute Gasteiger partial charge is 0.346 e. The highest BCUT2D eigenvalue weighted by Gasteiger charge is 2.20. The maximum absolute atomic E-state index is 13.7. The van der Waals surface area contributed by atoms with Gasteiger partial charge in [-0.15, -0.1) is 0 Å². The van der Waals surface area contributed by atoms with E-state index >= 15 is 0 Å². The first kappa shape index (κ1) is 17.6. The summed E-state index contributed by atoms with van der Waals surface area (Å²) in [6.45, 7) is 0. The van der Waals surface area contributed by atoms with Crippen molar-refractivity contribution in [2.24, 2.45) is 0 Å². The Hall–Kier alpha value is -3.26. The topological polar surface area (TPSA) is 76.7 Å². The maximum Gasteiger partial charge on any atom is 0.346 e. The van der Waals surface area contributed by atoms with Gasteiger partial charge in [0.1, 0.15) is 11.5 Å². The monoisotopic (exact) mass is 372 g/mol. The van der Waals surface area contributed by atoms with Crippen LogP contribution < -0.4 is 20.1 Å². The SMILES string of the molecule is COc1cc(/C=C2/NC(=S)NC2=O)ccc1OC(=O)c1ccccc1F. The van der Waals surface area contributed by atoms with Crippen molar-refractivity contribution in [3.8, 4) is 11.5 Å². The van der Waals surface area contributed by atoms with Crippen LogP contribution in [0.25, 0.3) is 6.08 Å². The Bertz CT molecular complexity index is 943. The summed E-state index contributed by atoms with van der Waals surface area (Å²) in [7, 11) is 1.41. The number of nitrogens with one attached hydrogen (secondary N) is 2. The van der Waals surface area contributed by atoms with Crippen LogP contribution in [-0.4, -0.2) is 24.1 Å². The molecule has 0 aromatic heterocycles. The number of methoxy groups -OCH3 is 1. The summed E-state index contributed by atoms with van der Waals surface area (Å²) in [5.74, 6) is -1.47. The van der Waals surface area contributed by atoms with Crippen LogP contribution in [0.5, 0.6) is 11.5 Å². The van der Waals surface area contributed by atoms with Gasteiger partial charge in [-0.2, -0.15) is 0 Å². The predicted molar refractivity (Wildman–Crippen MR) is 96.2 cm³/mol. The highest BCUT2D eigenvalue weighted by atomic mass is 32.1. The molecule has 6 nitrogen and oxygen atoms in total. The molecule has 2 aromatic carbocycles. The number of carbonyl (C=O) groups excluding carboxylic acids is 2. The second-order valence-electron chi connectivity index (χ2n) is 5.25. The Morgan fingerprint density at radius 1 is 1.15 bits per heavy atom. The molecule has 1 amide bonds. The zero-order valence-corrected chi connectivity index (χ0v) is 14.4. The zero-order valence-electron chi connectivity index (χ0n) is 13.5. The van der Waals surface area contributed by atoms with Gasteiger partial charge in [-0.3, -0.25) is 10.1 Å². The molecule has 8 heteroatoms. The van der Waals surface area contributed by atoms with Gasteiger partial charge in [0, 0.05) is 0 Å². The van der Waals surface area contributed by atoms with Gasteiger partial charge in [0.05, 0.1) is 12.7 Å². The van der Waals surface area contributed by atoms with Crippen molar-refractivity contribution in [3.05, 3.63) is 65.1 Å². The van der Waals surface area contributed by atoms with Crippen molar-refractivity contribution in [1.29, 1.82) is 0 Å². The Morgan fingerprint density at radius 2 is 1.92 bits per heavy atom. The fraction of sp³-hybridized carbons (Fsp3) is 0.0556. The Morgan fingerprint density at radius 3 is 2.58 bits per heavy atom.